The molecule has 0 fully saturated rings. The van der Waals surface area contributed by atoms with Gasteiger partial charge in [0.15, 0.2) is 5.78 Å². The van der Waals surface area contributed by atoms with Gasteiger partial charge < -0.3 is 5.11 Å². The normalized spacial score (nSPS) is 11.8. The Bertz CT molecular complexity index is 1000. The maximum atomic E-state index is 13.5. The summed E-state index contributed by atoms with van der Waals surface area (Å²) in [5.74, 6) is -2.27. The molecule has 0 aliphatic heterocycles. The molecule has 3 aromatic rings. The number of carboxylic acids is 1. The van der Waals surface area contributed by atoms with Crippen molar-refractivity contribution in [2.24, 2.45) is 0 Å². The first-order chi connectivity index (χ1) is 13.4. The maximum Gasteiger partial charge on any atom is 0.336 e. The van der Waals surface area contributed by atoms with Gasteiger partial charge in [0.1, 0.15) is 11.6 Å². The van der Waals surface area contributed by atoms with Crippen LogP contribution in [0.5, 0.6) is 0 Å². The summed E-state index contributed by atoms with van der Waals surface area (Å²) in [5.41, 5.74) is 1.04. The van der Waals surface area contributed by atoms with Crippen molar-refractivity contribution in [1.82, 2.24) is 0 Å². The van der Waals surface area contributed by atoms with E-state index in [2.05, 4.69) is 0 Å². The van der Waals surface area contributed by atoms with Crippen LogP contribution in [0.3, 0.4) is 0 Å². The Labute approximate surface area is 165 Å². The molecule has 1 atom stereocenters. The van der Waals surface area contributed by atoms with Crippen LogP contribution in [0.2, 0.25) is 0 Å². The summed E-state index contributed by atoms with van der Waals surface area (Å²) in [4.78, 5) is 24.7. The number of carbonyl (C=O) groups excluding carboxylic acids is 1. The number of carbonyl (C=O) groups is 2. The van der Waals surface area contributed by atoms with Gasteiger partial charge in [0.2, 0.25) is 0 Å². The van der Waals surface area contributed by atoms with Crippen LogP contribution in [0, 0.1) is 11.6 Å². The van der Waals surface area contributed by atoms with E-state index in [0.29, 0.717) is 10.5 Å². The third-order valence-electron chi connectivity index (χ3n) is 4.15. The van der Waals surface area contributed by atoms with Crippen LogP contribution in [0.25, 0.3) is 0 Å². The Morgan fingerprint density at radius 3 is 2.29 bits per heavy atom. The fourth-order valence-corrected chi connectivity index (χ4v) is 4.03. The highest BCUT2D eigenvalue weighted by molar-refractivity contribution is 7.99. The van der Waals surface area contributed by atoms with E-state index >= 15 is 0 Å². The number of aromatic carboxylic acids is 1. The Balaban J connectivity index is 1.93. The summed E-state index contributed by atoms with van der Waals surface area (Å²) in [6.45, 7) is 0. The summed E-state index contributed by atoms with van der Waals surface area (Å²) in [7, 11) is 0. The number of thioether (sulfide) groups is 1. The highest BCUT2D eigenvalue weighted by Crippen LogP contribution is 2.40. The standard InChI is InChI=1S/C22H16F2O3S/c23-16-10-8-14(9-11-16)21(13-19(25)15-4-3-5-17(24)12-15)28-20-7-2-1-6-18(20)22(26)27/h1-12,21H,13H2,(H,26,27). The van der Waals surface area contributed by atoms with Crippen molar-refractivity contribution in [2.75, 3.05) is 0 Å². The number of ketones is 1. The van der Waals surface area contributed by atoms with Gasteiger partial charge in [-0.05, 0) is 42.0 Å². The van der Waals surface area contributed by atoms with Crippen LogP contribution in [-0.2, 0) is 0 Å². The SMILES string of the molecule is O=C(CC(Sc1ccccc1C(=O)O)c1ccc(F)cc1)c1cccc(F)c1. The predicted molar refractivity (Wildman–Crippen MR) is 104 cm³/mol. The van der Waals surface area contributed by atoms with Crippen LogP contribution < -0.4 is 0 Å². The molecule has 1 N–H and O–H groups in total. The van der Waals surface area contributed by atoms with Gasteiger partial charge in [-0.2, -0.15) is 0 Å². The van der Waals surface area contributed by atoms with Gasteiger partial charge in [-0.3, -0.25) is 4.79 Å². The van der Waals surface area contributed by atoms with E-state index in [1.54, 1.807) is 30.3 Å². The molecule has 3 aromatic carbocycles. The average molecular weight is 398 g/mol. The van der Waals surface area contributed by atoms with Crippen molar-refractivity contribution in [3.8, 4) is 0 Å². The molecule has 0 radical (unpaired) electrons. The van der Waals surface area contributed by atoms with Crippen molar-refractivity contribution >= 4 is 23.5 Å². The molecule has 0 aliphatic carbocycles. The minimum absolute atomic E-state index is 0.00764. The summed E-state index contributed by atoms with van der Waals surface area (Å²) in [6.07, 6.45) is 0.00764. The van der Waals surface area contributed by atoms with Crippen LogP contribution in [-0.4, -0.2) is 16.9 Å². The number of halogens is 2. The molecule has 0 bridgehead atoms. The molecule has 6 heteroatoms. The van der Waals surface area contributed by atoms with Gasteiger partial charge in [0, 0.05) is 22.1 Å². The lowest BCUT2D eigenvalue weighted by atomic mass is 10.0. The molecule has 0 aliphatic rings. The molecule has 0 heterocycles. The number of benzene rings is 3. The third-order valence-corrected chi connectivity index (χ3v) is 5.48. The van der Waals surface area contributed by atoms with Gasteiger partial charge in [0.25, 0.3) is 0 Å². The maximum absolute atomic E-state index is 13.5. The van der Waals surface area contributed by atoms with E-state index < -0.39 is 22.9 Å². The number of carboxylic acid groups (broad SMARTS) is 1. The van der Waals surface area contributed by atoms with E-state index in [-0.39, 0.29) is 23.3 Å². The second-order valence-electron chi connectivity index (χ2n) is 6.10. The lowest BCUT2D eigenvalue weighted by Gasteiger charge is -2.18. The van der Waals surface area contributed by atoms with E-state index in [1.807, 2.05) is 0 Å². The molecule has 3 rings (SSSR count). The second kappa shape index (κ2) is 8.80. The van der Waals surface area contributed by atoms with Gasteiger partial charge in [-0.1, -0.05) is 36.4 Å². The molecule has 142 valence electrons. The van der Waals surface area contributed by atoms with Crippen LogP contribution in [0.4, 0.5) is 8.78 Å². The van der Waals surface area contributed by atoms with Crippen LogP contribution >= 0.6 is 11.8 Å². The zero-order valence-corrected chi connectivity index (χ0v) is 15.5. The van der Waals surface area contributed by atoms with Crippen molar-refractivity contribution in [2.45, 2.75) is 16.6 Å². The first-order valence-electron chi connectivity index (χ1n) is 8.47. The topological polar surface area (TPSA) is 54.4 Å². The summed E-state index contributed by atoms with van der Waals surface area (Å²) in [6, 6.07) is 17.6. The minimum atomic E-state index is -1.07. The molecule has 0 spiro atoms. The van der Waals surface area contributed by atoms with Crippen molar-refractivity contribution in [3.05, 3.63) is 101 Å². The predicted octanol–water partition coefficient (Wildman–Crippen LogP) is 5.77. The largest absolute Gasteiger partial charge is 0.478 e. The Morgan fingerprint density at radius 2 is 1.61 bits per heavy atom. The average Bonchev–Trinajstić information content (AvgIpc) is 2.68. The molecule has 0 saturated carbocycles. The first-order valence-corrected chi connectivity index (χ1v) is 9.35. The summed E-state index contributed by atoms with van der Waals surface area (Å²) >= 11 is 1.21. The van der Waals surface area contributed by atoms with Crippen LogP contribution in [0.15, 0.2) is 77.7 Å². The van der Waals surface area contributed by atoms with Gasteiger partial charge >= 0.3 is 5.97 Å². The molecule has 1 unspecified atom stereocenters. The highest BCUT2D eigenvalue weighted by Gasteiger charge is 2.21. The Hall–Kier alpha value is -2.99. The first kappa shape index (κ1) is 19.8. The Kier molecular flexibility index (Phi) is 6.21. The number of hydrogen-bond acceptors (Lipinski definition) is 3. The molecular formula is C22H16F2O3S. The number of Topliss-reactive ketones (excluding diaryl/α,β-unsaturated/α-hetero) is 1. The summed E-state index contributed by atoms with van der Waals surface area (Å²) < 4.78 is 26.8. The molecule has 28 heavy (non-hydrogen) atoms. The van der Waals surface area contributed by atoms with E-state index in [4.69, 9.17) is 0 Å². The smallest absolute Gasteiger partial charge is 0.336 e. The lowest BCUT2D eigenvalue weighted by molar-refractivity contribution is 0.0693. The summed E-state index contributed by atoms with van der Waals surface area (Å²) in [5, 5.41) is 8.94. The zero-order chi connectivity index (χ0) is 20.1. The van der Waals surface area contributed by atoms with Gasteiger partial charge in [-0.25, -0.2) is 13.6 Å². The van der Waals surface area contributed by atoms with Gasteiger partial charge in [0.05, 0.1) is 5.56 Å². The highest BCUT2D eigenvalue weighted by atomic mass is 32.2. The van der Waals surface area contributed by atoms with E-state index in [1.165, 1.54) is 54.2 Å². The molecule has 0 saturated heterocycles. The monoisotopic (exact) mass is 398 g/mol. The van der Waals surface area contributed by atoms with Crippen LogP contribution in [0.1, 0.15) is 38.0 Å². The third kappa shape index (κ3) is 4.84. The quantitative estimate of drug-likeness (QED) is 0.406. The molecule has 3 nitrogen and oxygen atoms in total. The molecular weight excluding hydrogens is 382 g/mol. The van der Waals surface area contributed by atoms with Gasteiger partial charge in [-0.15, -0.1) is 11.8 Å². The van der Waals surface area contributed by atoms with Crippen molar-refractivity contribution < 1.29 is 23.5 Å². The molecule has 0 aromatic heterocycles. The van der Waals surface area contributed by atoms with Crippen molar-refractivity contribution in [1.29, 1.82) is 0 Å². The van der Waals surface area contributed by atoms with E-state index in [0.717, 1.165) is 0 Å². The zero-order valence-electron chi connectivity index (χ0n) is 14.6. The Morgan fingerprint density at radius 1 is 0.893 bits per heavy atom. The molecule has 0 amide bonds. The minimum Gasteiger partial charge on any atom is -0.478 e. The number of rotatable bonds is 7. The fraction of sp³-hybridized carbons (Fsp3) is 0.0909. The van der Waals surface area contributed by atoms with E-state index in [9.17, 15) is 23.5 Å². The second-order valence-corrected chi connectivity index (χ2v) is 7.34. The number of hydrogen-bond donors (Lipinski definition) is 1. The lowest BCUT2D eigenvalue weighted by Crippen LogP contribution is -2.07. The fourth-order valence-electron chi connectivity index (χ4n) is 2.75. The van der Waals surface area contributed by atoms with Crippen molar-refractivity contribution in [3.63, 3.8) is 0 Å².